The summed E-state index contributed by atoms with van der Waals surface area (Å²) in [5.74, 6) is -0.762. The second kappa shape index (κ2) is 3.97. The number of hydrogen-bond donors (Lipinski definition) is 2. The van der Waals surface area contributed by atoms with Gasteiger partial charge in [-0.1, -0.05) is 11.8 Å². The number of carboxylic acid groups (broad SMARTS) is 1. The van der Waals surface area contributed by atoms with Gasteiger partial charge in [0.05, 0.1) is 0 Å². The van der Waals surface area contributed by atoms with Gasteiger partial charge in [-0.2, -0.15) is 5.10 Å². The molecule has 0 amide bonds. The Balaban J connectivity index is 2.57. The fraction of sp³-hybridized carbons (Fsp3) is 0.571. The maximum atomic E-state index is 10.7. The Bertz CT molecular complexity index is 336. The smallest absolute Gasteiger partial charge is 0.324 e. The van der Waals surface area contributed by atoms with Crippen molar-refractivity contribution in [2.24, 2.45) is 12.8 Å². The quantitative estimate of drug-likeness (QED) is 0.672. The predicted molar refractivity (Wildman–Crippen MR) is 52.0 cm³/mol. The molecule has 0 fully saturated rings. The zero-order valence-corrected chi connectivity index (χ0v) is 8.78. The molecule has 0 aliphatic carbocycles. The molecule has 1 aromatic rings. The SMILES string of the molecule is Cn1ncnc1SCC(C)(N)C(=O)O. The van der Waals surface area contributed by atoms with E-state index >= 15 is 0 Å². The number of hydrogen-bond acceptors (Lipinski definition) is 5. The largest absolute Gasteiger partial charge is 0.480 e. The van der Waals surface area contributed by atoms with Crippen molar-refractivity contribution < 1.29 is 9.90 Å². The molecular weight excluding hydrogens is 204 g/mol. The van der Waals surface area contributed by atoms with Gasteiger partial charge < -0.3 is 10.8 Å². The average Bonchev–Trinajstić information content (AvgIpc) is 2.47. The van der Waals surface area contributed by atoms with Crippen LogP contribution in [0.1, 0.15) is 6.92 Å². The first-order valence-corrected chi connectivity index (χ1v) is 4.91. The first-order valence-electron chi connectivity index (χ1n) is 3.92. The fourth-order valence-corrected chi connectivity index (χ4v) is 1.60. The summed E-state index contributed by atoms with van der Waals surface area (Å²) < 4.78 is 1.57. The molecule has 1 aromatic heterocycles. The van der Waals surface area contributed by atoms with Crippen molar-refractivity contribution in [3.63, 3.8) is 0 Å². The van der Waals surface area contributed by atoms with Crippen LogP contribution in [0.4, 0.5) is 0 Å². The summed E-state index contributed by atoms with van der Waals surface area (Å²) in [5.41, 5.74) is 4.31. The molecule has 0 bridgehead atoms. The predicted octanol–water partition coefficient (Wildman–Crippen LogP) is -0.291. The summed E-state index contributed by atoms with van der Waals surface area (Å²) in [7, 11) is 1.74. The Kier molecular flexibility index (Phi) is 3.12. The third kappa shape index (κ3) is 2.46. The van der Waals surface area contributed by atoms with Crippen LogP contribution in [0.5, 0.6) is 0 Å². The van der Waals surface area contributed by atoms with E-state index in [1.54, 1.807) is 11.7 Å². The van der Waals surface area contributed by atoms with Gasteiger partial charge in [0.25, 0.3) is 0 Å². The number of aryl methyl sites for hydroxylation is 1. The molecule has 1 rings (SSSR count). The van der Waals surface area contributed by atoms with Gasteiger partial charge in [-0.15, -0.1) is 0 Å². The summed E-state index contributed by atoms with van der Waals surface area (Å²) in [5, 5.41) is 13.3. The molecule has 0 aliphatic heterocycles. The standard InChI is InChI=1S/C7H12N4O2S/c1-7(8,5(12)13)3-14-6-9-4-10-11(6)2/h4H,3,8H2,1-2H3,(H,12,13). The van der Waals surface area contributed by atoms with Crippen molar-refractivity contribution in [2.75, 3.05) is 5.75 Å². The molecule has 0 aromatic carbocycles. The van der Waals surface area contributed by atoms with Gasteiger partial charge in [0, 0.05) is 12.8 Å². The molecule has 0 saturated carbocycles. The number of thioether (sulfide) groups is 1. The van der Waals surface area contributed by atoms with Gasteiger partial charge in [0.1, 0.15) is 11.9 Å². The lowest BCUT2D eigenvalue weighted by Crippen LogP contribution is -2.47. The minimum absolute atomic E-state index is 0.259. The molecule has 14 heavy (non-hydrogen) atoms. The van der Waals surface area contributed by atoms with E-state index in [2.05, 4.69) is 10.1 Å². The monoisotopic (exact) mass is 216 g/mol. The summed E-state index contributed by atoms with van der Waals surface area (Å²) in [6.45, 7) is 1.47. The molecule has 6 nitrogen and oxygen atoms in total. The summed E-state index contributed by atoms with van der Waals surface area (Å²) in [6.07, 6.45) is 1.41. The highest BCUT2D eigenvalue weighted by Gasteiger charge is 2.28. The number of carboxylic acids is 1. The molecule has 78 valence electrons. The third-order valence-corrected chi connectivity index (χ3v) is 3.03. The van der Waals surface area contributed by atoms with Crippen LogP contribution in [0.25, 0.3) is 0 Å². The van der Waals surface area contributed by atoms with Crippen LogP contribution in [0.15, 0.2) is 11.5 Å². The minimum Gasteiger partial charge on any atom is -0.480 e. The maximum Gasteiger partial charge on any atom is 0.324 e. The van der Waals surface area contributed by atoms with Crippen LogP contribution < -0.4 is 5.73 Å². The van der Waals surface area contributed by atoms with Gasteiger partial charge in [0.15, 0.2) is 5.16 Å². The number of carbonyl (C=O) groups is 1. The first-order chi connectivity index (χ1) is 6.43. The molecule has 0 saturated heterocycles. The van der Waals surface area contributed by atoms with Gasteiger partial charge in [0.2, 0.25) is 0 Å². The van der Waals surface area contributed by atoms with Crippen molar-refractivity contribution >= 4 is 17.7 Å². The molecule has 0 aliphatic rings. The lowest BCUT2D eigenvalue weighted by molar-refractivity contribution is -0.141. The van der Waals surface area contributed by atoms with Crippen molar-refractivity contribution in [2.45, 2.75) is 17.6 Å². The fourth-order valence-electron chi connectivity index (χ4n) is 0.693. The van der Waals surface area contributed by atoms with E-state index in [0.717, 1.165) is 0 Å². The Morgan fingerprint density at radius 3 is 2.93 bits per heavy atom. The number of rotatable bonds is 4. The average molecular weight is 216 g/mol. The molecule has 1 atom stereocenters. The van der Waals surface area contributed by atoms with Gasteiger partial charge >= 0.3 is 5.97 Å². The summed E-state index contributed by atoms with van der Waals surface area (Å²) in [4.78, 5) is 14.6. The lowest BCUT2D eigenvalue weighted by Gasteiger charge is -2.17. The first kappa shape index (κ1) is 11.0. The zero-order chi connectivity index (χ0) is 10.8. The van der Waals surface area contributed by atoms with E-state index in [9.17, 15) is 4.79 Å². The molecule has 0 spiro atoms. The number of nitrogens with zero attached hydrogens (tertiary/aromatic N) is 3. The third-order valence-electron chi connectivity index (χ3n) is 1.66. The highest BCUT2D eigenvalue weighted by Crippen LogP contribution is 2.18. The van der Waals surface area contributed by atoms with Crippen molar-refractivity contribution in [1.82, 2.24) is 14.8 Å². The van der Waals surface area contributed by atoms with E-state index in [0.29, 0.717) is 5.16 Å². The molecule has 7 heteroatoms. The highest BCUT2D eigenvalue weighted by molar-refractivity contribution is 7.99. The van der Waals surface area contributed by atoms with Crippen molar-refractivity contribution in [1.29, 1.82) is 0 Å². The molecule has 3 N–H and O–H groups in total. The second-order valence-electron chi connectivity index (χ2n) is 3.18. The lowest BCUT2D eigenvalue weighted by atomic mass is 10.1. The van der Waals surface area contributed by atoms with Crippen molar-refractivity contribution in [3.8, 4) is 0 Å². The molecular formula is C7H12N4O2S. The van der Waals surface area contributed by atoms with Gasteiger partial charge in [-0.05, 0) is 6.92 Å². The van der Waals surface area contributed by atoms with Crippen LogP contribution in [0.2, 0.25) is 0 Å². The summed E-state index contributed by atoms with van der Waals surface area (Å²) >= 11 is 1.27. The van der Waals surface area contributed by atoms with Crippen LogP contribution >= 0.6 is 11.8 Å². The van der Waals surface area contributed by atoms with Crippen LogP contribution in [-0.2, 0) is 11.8 Å². The van der Waals surface area contributed by atoms with Gasteiger partial charge in [-0.3, -0.25) is 4.79 Å². The molecule has 1 unspecified atom stereocenters. The van der Waals surface area contributed by atoms with E-state index in [4.69, 9.17) is 10.8 Å². The topological polar surface area (TPSA) is 94.0 Å². The zero-order valence-electron chi connectivity index (χ0n) is 7.97. The van der Waals surface area contributed by atoms with Crippen LogP contribution in [0.3, 0.4) is 0 Å². The Labute approximate surface area is 85.5 Å². The number of nitrogens with two attached hydrogens (primary N) is 1. The Morgan fingerprint density at radius 2 is 2.50 bits per heavy atom. The number of aromatic nitrogens is 3. The van der Waals surface area contributed by atoms with Crippen LogP contribution in [0, 0.1) is 0 Å². The van der Waals surface area contributed by atoms with Gasteiger partial charge in [-0.25, -0.2) is 9.67 Å². The van der Waals surface area contributed by atoms with Crippen LogP contribution in [-0.4, -0.2) is 37.1 Å². The normalized spacial score (nSPS) is 15.1. The minimum atomic E-state index is -1.24. The molecule has 0 radical (unpaired) electrons. The van der Waals surface area contributed by atoms with Crippen molar-refractivity contribution in [3.05, 3.63) is 6.33 Å². The number of aliphatic carboxylic acids is 1. The highest BCUT2D eigenvalue weighted by atomic mass is 32.2. The van der Waals surface area contributed by atoms with E-state index in [-0.39, 0.29) is 5.75 Å². The molecule has 1 heterocycles. The van der Waals surface area contributed by atoms with E-state index in [1.165, 1.54) is 25.0 Å². The van der Waals surface area contributed by atoms with E-state index < -0.39 is 11.5 Å². The maximum absolute atomic E-state index is 10.7. The Morgan fingerprint density at radius 1 is 1.86 bits per heavy atom. The van der Waals surface area contributed by atoms with E-state index in [1.807, 2.05) is 0 Å². The summed E-state index contributed by atoms with van der Waals surface area (Å²) in [6, 6.07) is 0. The second-order valence-corrected chi connectivity index (χ2v) is 4.12. The Hall–Kier alpha value is -1.08.